The number of hydrogen-bond acceptors (Lipinski definition) is 2. The van der Waals surface area contributed by atoms with Gasteiger partial charge in [0.25, 0.3) is 5.91 Å². The monoisotopic (exact) mass is 318 g/mol. The molecule has 2 aromatic rings. The zero-order valence-electron chi connectivity index (χ0n) is 12.9. The minimum absolute atomic E-state index is 0. The summed E-state index contributed by atoms with van der Waals surface area (Å²) in [6, 6.07) is 14.2. The fourth-order valence-corrected chi connectivity index (χ4v) is 3.13. The van der Waals surface area contributed by atoms with E-state index in [9.17, 15) is 4.79 Å². The summed E-state index contributed by atoms with van der Waals surface area (Å²) < 4.78 is 0. The van der Waals surface area contributed by atoms with E-state index in [1.807, 2.05) is 48.2 Å². The Bertz CT molecular complexity index is 656. The summed E-state index contributed by atoms with van der Waals surface area (Å²) in [6.07, 6.45) is 2.17. The lowest BCUT2D eigenvalue weighted by Crippen LogP contribution is -2.45. The number of amides is 1. The highest BCUT2D eigenvalue weighted by molar-refractivity contribution is 5.98. The smallest absolute Gasteiger partial charge is 0.253 e. The van der Waals surface area contributed by atoms with Crippen LogP contribution in [0.5, 0.6) is 0 Å². The molecule has 0 aliphatic carbocycles. The van der Waals surface area contributed by atoms with Gasteiger partial charge in [0, 0.05) is 24.7 Å². The predicted molar refractivity (Wildman–Crippen MR) is 93.5 cm³/mol. The molecule has 1 aliphatic heterocycles. The highest BCUT2D eigenvalue weighted by Crippen LogP contribution is 2.22. The van der Waals surface area contributed by atoms with Crippen molar-refractivity contribution < 1.29 is 4.79 Å². The Balaban J connectivity index is 0.00000176. The van der Waals surface area contributed by atoms with Crippen molar-refractivity contribution in [3.63, 3.8) is 0 Å². The van der Waals surface area contributed by atoms with Crippen LogP contribution in [0, 0.1) is 5.92 Å². The van der Waals surface area contributed by atoms with E-state index in [1.54, 1.807) is 0 Å². The minimum Gasteiger partial charge on any atom is -0.338 e. The molecule has 2 atom stereocenters. The fourth-order valence-electron chi connectivity index (χ4n) is 3.13. The van der Waals surface area contributed by atoms with Crippen LogP contribution < -0.4 is 5.73 Å². The van der Waals surface area contributed by atoms with Crippen molar-refractivity contribution in [3.05, 3.63) is 48.0 Å². The quantitative estimate of drug-likeness (QED) is 0.921. The normalized spacial score (nSPS) is 19.5. The van der Waals surface area contributed by atoms with Gasteiger partial charge in [-0.3, -0.25) is 4.79 Å². The number of rotatable bonds is 2. The maximum Gasteiger partial charge on any atom is 0.253 e. The molecule has 0 radical (unpaired) electrons. The van der Waals surface area contributed by atoms with Crippen LogP contribution in [0.2, 0.25) is 0 Å². The average Bonchev–Trinajstić information content (AvgIpc) is 2.53. The number of piperidine rings is 1. The fraction of sp³-hybridized carbons (Fsp3) is 0.389. The Morgan fingerprint density at radius 2 is 1.95 bits per heavy atom. The summed E-state index contributed by atoms with van der Waals surface area (Å²) in [4.78, 5) is 14.7. The highest BCUT2D eigenvalue weighted by atomic mass is 35.5. The summed E-state index contributed by atoms with van der Waals surface area (Å²) >= 11 is 0. The molecular formula is C18H23ClN2O. The molecule has 22 heavy (non-hydrogen) atoms. The summed E-state index contributed by atoms with van der Waals surface area (Å²) in [5.74, 6) is 0.550. The number of benzene rings is 2. The van der Waals surface area contributed by atoms with E-state index in [0.29, 0.717) is 5.92 Å². The standard InChI is InChI=1S/C18H22N2O.ClH/c1-13(19)17-7-4-10-20(12-17)18(21)16-9-8-14-5-2-3-6-15(14)11-16;/h2-3,5-6,8-9,11,13,17H,4,7,10,12,19H2,1H3;1H. The zero-order chi connectivity index (χ0) is 14.8. The number of carbonyl (C=O) groups excluding carboxylic acids is 1. The molecule has 2 aromatic carbocycles. The van der Waals surface area contributed by atoms with E-state index >= 15 is 0 Å². The number of hydrogen-bond donors (Lipinski definition) is 1. The molecule has 2 unspecified atom stereocenters. The molecule has 1 saturated heterocycles. The Hall–Kier alpha value is -1.58. The lowest BCUT2D eigenvalue weighted by Gasteiger charge is -2.34. The first-order valence-corrected chi connectivity index (χ1v) is 7.69. The molecule has 118 valence electrons. The van der Waals surface area contributed by atoms with Gasteiger partial charge in [0.1, 0.15) is 0 Å². The third kappa shape index (κ3) is 3.42. The molecule has 3 rings (SSSR count). The van der Waals surface area contributed by atoms with Gasteiger partial charge in [0.15, 0.2) is 0 Å². The molecular weight excluding hydrogens is 296 g/mol. The Morgan fingerprint density at radius 3 is 2.68 bits per heavy atom. The second-order valence-electron chi connectivity index (χ2n) is 6.07. The number of likely N-dealkylation sites (tertiary alicyclic amines) is 1. The molecule has 0 bridgehead atoms. The van der Waals surface area contributed by atoms with Crippen LogP contribution >= 0.6 is 12.4 Å². The second-order valence-corrected chi connectivity index (χ2v) is 6.07. The van der Waals surface area contributed by atoms with Gasteiger partial charge in [-0.2, -0.15) is 0 Å². The SMILES string of the molecule is CC(N)C1CCCN(C(=O)c2ccc3ccccc3c2)C1.Cl. The van der Waals surface area contributed by atoms with Crippen LogP contribution in [0.15, 0.2) is 42.5 Å². The van der Waals surface area contributed by atoms with Gasteiger partial charge in [-0.05, 0) is 48.6 Å². The first-order valence-electron chi connectivity index (χ1n) is 7.69. The van der Waals surface area contributed by atoms with Gasteiger partial charge < -0.3 is 10.6 Å². The lowest BCUT2D eigenvalue weighted by atomic mass is 9.91. The number of fused-ring (bicyclic) bond motifs is 1. The number of halogens is 1. The van der Waals surface area contributed by atoms with Gasteiger partial charge in [0.05, 0.1) is 0 Å². The van der Waals surface area contributed by atoms with Crippen LogP contribution in [-0.4, -0.2) is 29.9 Å². The van der Waals surface area contributed by atoms with Crippen molar-refractivity contribution in [2.75, 3.05) is 13.1 Å². The van der Waals surface area contributed by atoms with Crippen molar-refractivity contribution in [2.24, 2.45) is 11.7 Å². The number of nitrogens with zero attached hydrogens (tertiary/aromatic N) is 1. The summed E-state index contributed by atoms with van der Waals surface area (Å²) in [7, 11) is 0. The molecule has 1 aliphatic rings. The molecule has 0 spiro atoms. The van der Waals surface area contributed by atoms with Crippen molar-refractivity contribution in [2.45, 2.75) is 25.8 Å². The van der Waals surface area contributed by atoms with E-state index < -0.39 is 0 Å². The molecule has 2 N–H and O–H groups in total. The van der Waals surface area contributed by atoms with Gasteiger partial charge >= 0.3 is 0 Å². The molecule has 0 aromatic heterocycles. The van der Waals surface area contributed by atoms with E-state index in [2.05, 4.69) is 6.07 Å². The highest BCUT2D eigenvalue weighted by Gasteiger charge is 2.26. The first kappa shape index (κ1) is 16.8. The van der Waals surface area contributed by atoms with Crippen LogP contribution in [0.25, 0.3) is 10.8 Å². The second kappa shape index (κ2) is 7.12. The molecule has 1 heterocycles. The minimum atomic E-state index is 0. The van der Waals surface area contributed by atoms with Crippen molar-refractivity contribution in [1.29, 1.82) is 0 Å². The van der Waals surface area contributed by atoms with Gasteiger partial charge in [-0.15, -0.1) is 12.4 Å². The van der Waals surface area contributed by atoms with Crippen molar-refractivity contribution in [1.82, 2.24) is 4.90 Å². The van der Waals surface area contributed by atoms with E-state index in [1.165, 1.54) is 5.39 Å². The van der Waals surface area contributed by atoms with Crippen LogP contribution in [-0.2, 0) is 0 Å². The predicted octanol–water partition coefficient (Wildman–Crippen LogP) is 3.46. The van der Waals surface area contributed by atoms with E-state index in [-0.39, 0.29) is 24.4 Å². The molecule has 0 saturated carbocycles. The molecule has 1 amide bonds. The Morgan fingerprint density at radius 1 is 1.23 bits per heavy atom. The van der Waals surface area contributed by atoms with Gasteiger partial charge in [0.2, 0.25) is 0 Å². The Kier molecular flexibility index (Phi) is 5.43. The maximum absolute atomic E-state index is 12.7. The number of carbonyl (C=O) groups is 1. The van der Waals surface area contributed by atoms with Crippen molar-refractivity contribution >= 4 is 29.1 Å². The first-order chi connectivity index (χ1) is 10.1. The molecule has 3 nitrogen and oxygen atoms in total. The third-order valence-corrected chi connectivity index (χ3v) is 4.49. The Labute approximate surface area is 137 Å². The summed E-state index contributed by atoms with van der Waals surface area (Å²) in [6.45, 7) is 3.66. The molecule has 1 fully saturated rings. The maximum atomic E-state index is 12.7. The lowest BCUT2D eigenvalue weighted by molar-refractivity contribution is 0.0661. The topological polar surface area (TPSA) is 46.3 Å². The number of nitrogens with two attached hydrogens (primary N) is 1. The van der Waals surface area contributed by atoms with Crippen LogP contribution in [0.4, 0.5) is 0 Å². The summed E-state index contributed by atoms with van der Waals surface area (Å²) in [5.41, 5.74) is 6.78. The molecule has 4 heteroatoms. The largest absolute Gasteiger partial charge is 0.338 e. The van der Waals surface area contributed by atoms with E-state index in [4.69, 9.17) is 5.73 Å². The van der Waals surface area contributed by atoms with Crippen LogP contribution in [0.1, 0.15) is 30.1 Å². The van der Waals surface area contributed by atoms with E-state index in [0.717, 1.165) is 36.9 Å². The van der Waals surface area contributed by atoms with Crippen LogP contribution in [0.3, 0.4) is 0 Å². The van der Waals surface area contributed by atoms with Gasteiger partial charge in [-0.25, -0.2) is 0 Å². The summed E-state index contributed by atoms with van der Waals surface area (Å²) in [5, 5.41) is 2.28. The average molecular weight is 319 g/mol. The third-order valence-electron chi connectivity index (χ3n) is 4.49. The van der Waals surface area contributed by atoms with Crippen molar-refractivity contribution in [3.8, 4) is 0 Å². The zero-order valence-corrected chi connectivity index (χ0v) is 13.7. The van der Waals surface area contributed by atoms with Gasteiger partial charge in [-0.1, -0.05) is 30.3 Å².